The predicted octanol–water partition coefficient (Wildman–Crippen LogP) is 5.26. The van der Waals surface area contributed by atoms with Crippen molar-refractivity contribution in [3.63, 3.8) is 0 Å². The van der Waals surface area contributed by atoms with E-state index in [1.807, 2.05) is 6.92 Å². The molecule has 1 rings (SSSR count). The summed E-state index contributed by atoms with van der Waals surface area (Å²) >= 11 is 7.14. The van der Waals surface area contributed by atoms with E-state index in [1.165, 1.54) is 18.0 Å². The summed E-state index contributed by atoms with van der Waals surface area (Å²) < 4.78 is 18.6. The molecule has 124 valence electrons. The molecular formula is C16H23ClFNO2S. The zero-order valence-corrected chi connectivity index (χ0v) is 14.7. The maximum absolute atomic E-state index is 13.2. The minimum atomic E-state index is -0.684. The fraction of sp³-hybridized carbons (Fsp3) is 0.625. The molecule has 0 saturated heterocycles. The van der Waals surface area contributed by atoms with Crippen LogP contribution in [0.1, 0.15) is 52.4 Å². The van der Waals surface area contributed by atoms with Gasteiger partial charge in [-0.25, -0.2) is 4.98 Å². The van der Waals surface area contributed by atoms with Gasteiger partial charge in [-0.15, -0.1) is 11.8 Å². The Hall–Kier alpha value is -0.810. The Morgan fingerprint density at radius 1 is 1.45 bits per heavy atom. The lowest BCUT2D eigenvalue weighted by atomic mass is 10.1. The van der Waals surface area contributed by atoms with Crippen LogP contribution < -0.4 is 0 Å². The van der Waals surface area contributed by atoms with Gasteiger partial charge in [0.15, 0.2) is 0 Å². The summed E-state index contributed by atoms with van der Waals surface area (Å²) in [4.78, 5) is 15.9. The fourth-order valence-corrected chi connectivity index (χ4v) is 3.10. The highest BCUT2D eigenvalue weighted by molar-refractivity contribution is 7.99. The van der Waals surface area contributed by atoms with E-state index in [1.54, 1.807) is 6.07 Å². The number of carbonyl (C=O) groups is 1. The summed E-state index contributed by atoms with van der Waals surface area (Å²) in [5.41, 5.74) is 0. The van der Waals surface area contributed by atoms with Gasteiger partial charge >= 0.3 is 5.97 Å². The van der Waals surface area contributed by atoms with Crippen molar-refractivity contribution in [2.45, 2.75) is 63.4 Å². The average Bonchev–Trinajstić information content (AvgIpc) is 2.50. The molecule has 1 heterocycles. The van der Waals surface area contributed by atoms with Gasteiger partial charge < -0.3 is 4.74 Å². The Morgan fingerprint density at radius 3 is 2.91 bits per heavy atom. The van der Waals surface area contributed by atoms with Crippen LogP contribution in [-0.2, 0) is 9.53 Å². The SMILES string of the molecule is CCCCCC(CC)OC(=O)CCSc1ccnc(F)c1Cl. The molecule has 22 heavy (non-hydrogen) atoms. The summed E-state index contributed by atoms with van der Waals surface area (Å²) in [7, 11) is 0. The molecule has 0 N–H and O–H groups in total. The maximum atomic E-state index is 13.2. The van der Waals surface area contributed by atoms with Gasteiger partial charge in [0, 0.05) is 16.8 Å². The van der Waals surface area contributed by atoms with E-state index in [2.05, 4.69) is 11.9 Å². The van der Waals surface area contributed by atoms with Crippen molar-refractivity contribution in [3.8, 4) is 0 Å². The topological polar surface area (TPSA) is 39.2 Å². The van der Waals surface area contributed by atoms with Gasteiger partial charge in [0.2, 0.25) is 5.95 Å². The van der Waals surface area contributed by atoms with E-state index in [4.69, 9.17) is 16.3 Å². The Bertz CT molecular complexity index is 473. The van der Waals surface area contributed by atoms with Crippen LogP contribution in [0.4, 0.5) is 4.39 Å². The van der Waals surface area contributed by atoms with E-state index in [9.17, 15) is 9.18 Å². The number of pyridine rings is 1. The quantitative estimate of drug-likeness (QED) is 0.250. The number of halogens is 2. The Morgan fingerprint density at radius 2 is 2.23 bits per heavy atom. The second-order valence-electron chi connectivity index (χ2n) is 5.03. The van der Waals surface area contributed by atoms with E-state index in [0.29, 0.717) is 10.6 Å². The summed E-state index contributed by atoms with van der Waals surface area (Å²) in [6, 6.07) is 1.64. The third-order valence-electron chi connectivity index (χ3n) is 3.26. The second-order valence-corrected chi connectivity index (χ2v) is 6.54. The molecule has 1 aromatic heterocycles. The smallest absolute Gasteiger partial charge is 0.306 e. The van der Waals surface area contributed by atoms with Crippen molar-refractivity contribution in [2.24, 2.45) is 0 Å². The van der Waals surface area contributed by atoms with Crippen LogP contribution in [-0.4, -0.2) is 22.8 Å². The molecule has 3 nitrogen and oxygen atoms in total. The largest absolute Gasteiger partial charge is 0.462 e. The van der Waals surface area contributed by atoms with Crippen LogP contribution in [0.25, 0.3) is 0 Å². The molecule has 1 aromatic rings. The lowest BCUT2D eigenvalue weighted by molar-refractivity contribution is -0.149. The molecule has 0 amide bonds. The van der Waals surface area contributed by atoms with Crippen molar-refractivity contribution < 1.29 is 13.9 Å². The van der Waals surface area contributed by atoms with Crippen LogP contribution in [0, 0.1) is 5.95 Å². The number of ether oxygens (including phenoxy) is 1. The highest BCUT2D eigenvalue weighted by Crippen LogP contribution is 2.28. The van der Waals surface area contributed by atoms with Crippen molar-refractivity contribution in [2.75, 3.05) is 5.75 Å². The van der Waals surface area contributed by atoms with Crippen LogP contribution >= 0.6 is 23.4 Å². The maximum Gasteiger partial charge on any atom is 0.306 e. The minimum absolute atomic E-state index is 0.00556. The standard InChI is InChI=1S/C16H23ClFNO2S/c1-3-5-6-7-12(4-2)21-14(20)9-11-22-13-8-10-19-16(18)15(13)17/h8,10,12H,3-7,9,11H2,1-2H3. The van der Waals surface area contributed by atoms with Gasteiger partial charge in [-0.3, -0.25) is 4.79 Å². The van der Waals surface area contributed by atoms with Crippen molar-refractivity contribution >= 4 is 29.3 Å². The molecule has 0 bridgehead atoms. The molecule has 1 atom stereocenters. The molecule has 6 heteroatoms. The molecule has 0 aliphatic carbocycles. The Kier molecular flexibility index (Phi) is 9.48. The summed E-state index contributed by atoms with van der Waals surface area (Å²) in [5.74, 6) is -0.384. The third-order valence-corrected chi connectivity index (χ3v) is 4.79. The highest BCUT2D eigenvalue weighted by Gasteiger charge is 2.13. The minimum Gasteiger partial charge on any atom is -0.462 e. The average molecular weight is 348 g/mol. The van der Waals surface area contributed by atoms with Gasteiger partial charge in [-0.05, 0) is 25.3 Å². The van der Waals surface area contributed by atoms with Gasteiger partial charge in [-0.2, -0.15) is 4.39 Å². The number of aromatic nitrogens is 1. The number of thioether (sulfide) groups is 1. The molecule has 0 aromatic carbocycles. The molecule has 1 unspecified atom stereocenters. The van der Waals surface area contributed by atoms with Crippen molar-refractivity contribution in [1.82, 2.24) is 4.98 Å². The first-order valence-electron chi connectivity index (χ1n) is 7.70. The van der Waals surface area contributed by atoms with Crippen LogP contribution in [0.3, 0.4) is 0 Å². The van der Waals surface area contributed by atoms with Gasteiger partial charge in [-0.1, -0.05) is 38.3 Å². The van der Waals surface area contributed by atoms with E-state index in [0.717, 1.165) is 32.1 Å². The molecule has 0 aliphatic heterocycles. The zero-order chi connectivity index (χ0) is 16.4. The van der Waals surface area contributed by atoms with Gasteiger partial charge in [0.1, 0.15) is 11.1 Å². The second kappa shape index (κ2) is 10.8. The Labute approximate surface area is 141 Å². The first-order valence-corrected chi connectivity index (χ1v) is 9.07. The lowest BCUT2D eigenvalue weighted by Crippen LogP contribution is -2.17. The third kappa shape index (κ3) is 6.97. The van der Waals surface area contributed by atoms with Gasteiger partial charge in [0.25, 0.3) is 0 Å². The van der Waals surface area contributed by atoms with Crippen molar-refractivity contribution in [1.29, 1.82) is 0 Å². The molecule has 0 spiro atoms. The van der Waals surface area contributed by atoms with E-state index >= 15 is 0 Å². The van der Waals surface area contributed by atoms with E-state index in [-0.39, 0.29) is 23.5 Å². The summed E-state index contributed by atoms with van der Waals surface area (Å²) in [5, 5.41) is 0.00636. The Balaban J connectivity index is 2.31. The molecular weight excluding hydrogens is 325 g/mol. The summed E-state index contributed by atoms with van der Waals surface area (Å²) in [6.07, 6.45) is 6.82. The molecule has 0 fully saturated rings. The van der Waals surface area contributed by atoms with Crippen LogP contribution in [0.15, 0.2) is 17.2 Å². The van der Waals surface area contributed by atoms with Crippen LogP contribution in [0.5, 0.6) is 0 Å². The molecule has 0 aliphatic rings. The number of nitrogens with zero attached hydrogens (tertiary/aromatic N) is 1. The summed E-state index contributed by atoms with van der Waals surface area (Å²) in [6.45, 7) is 4.18. The highest BCUT2D eigenvalue weighted by atomic mass is 35.5. The zero-order valence-electron chi connectivity index (χ0n) is 13.1. The lowest BCUT2D eigenvalue weighted by Gasteiger charge is -2.16. The number of esters is 1. The molecule has 0 saturated carbocycles. The number of hydrogen-bond donors (Lipinski definition) is 0. The number of unbranched alkanes of at least 4 members (excludes halogenated alkanes) is 2. The fourth-order valence-electron chi connectivity index (χ4n) is 1.97. The van der Waals surface area contributed by atoms with Crippen molar-refractivity contribution in [3.05, 3.63) is 23.2 Å². The van der Waals surface area contributed by atoms with Gasteiger partial charge in [0.05, 0.1) is 6.42 Å². The number of hydrogen-bond acceptors (Lipinski definition) is 4. The number of carbonyl (C=O) groups excluding carboxylic acids is 1. The molecule has 0 radical (unpaired) electrons. The van der Waals surface area contributed by atoms with Crippen LogP contribution in [0.2, 0.25) is 5.02 Å². The number of rotatable bonds is 10. The first kappa shape index (κ1) is 19.2. The normalized spacial score (nSPS) is 12.2. The predicted molar refractivity (Wildman–Crippen MR) is 88.9 cm³/mol. The van der Waals surface area contributed by atoms with E-state index < -0.39 is 5.95 Å². The first-order chi connectivity index (χ1) is 10.6. The monoisotopic (exact) mass is 347 g/mol.